The molecule has 0 radical (unpaired) electrons. The Morgan fingerprint density at radius 1 is 1.12 bits per heavy atom. The Morgan fingerprint density at radius 2 is 1.78 bits per heavy atom. The van der Waals surface area contributed by atoms with Crippen LogP contribution >= 0.6 is 11.6 Å². The molecule has 1 heterocycles. The van der Waals surface area contributed by atoms with Gasteiger partial charge in [0.15, 0.2) is 5.82 Å². The molecule has 0 aliphatic rings. The molecule has 1 amide bonds. The summed E-state index contributed by atoms with van der Waals surface area (Å²) in [4.78, 5) is 27.9. The number of rotatable bonds is 9. The summed E-state index contributed by atoms with van der Waals surface area (Å²) in [5.41, 5.74) is 0.962. The Hall–Kier alpha value is -2.95. The van der Waals surface area contributed by atoms with E-state index in [2.05, 4.69) is 20.0 Å². The van der Waals surface area contributed by atoms with E-state index in [-0.39, 0.29) is 16.3 Å². The van der Waals surface area contributed by atoms with Crippen LogP contribution in [0.25, 0.3) is 11.4 Å². The van der Waals surface area contributed by atoms with Crippen molar-refractivity contribution in [2.45, 2.75) is 31.6 Å². The number of nitrogens with one attached hydrogen (secondary N) is 2. The van der Waals surface area contributed by atoms with Crippen molar-refractivity contribution < 1.29 is 17.7 Å². The molecule has 0 atom stereocenters. The van der Waals surface area contributed by atoms with E-state index in [4.69, 9.17) is 11.6 Å². The van der Waals surface area contributed by atoms with E-state index in [1.165, 1.54) is 34.6 Å². The van der Waals surface area contributed by atoms with Gasteiger partial charge < -0.3 is 9.84 Å². The molecule has 170 valence electrons. The number of halogens is 1. The van der Waals surface area contributed by atoms with E-state index in [0.717, 1.165) is 0 Å². The van der Waals surface area contributed by atoms with Crippen molar-refractivity contribution in [2.24, 2.45) is 0 Å². The lowest BCUT2D eigenvalue weighted by atomic mass is 10.1. The Bertz CT molecular complexity index is 1250. The van der Waals surface area contributed by atoms with E-state index >= 15 is 0 Å². The van der Waals surface area contributed by atoms with Crippen LogP contribution in [0.5, 0.6) is 0 Å². The summed E-state index contributed by atoms with van der Waals surface area (Å²) < 4.78 is 31.8. The Kier molecular flexibility index (Phi) is 7.49. The maximum Gasteiger partial charge on any atom is 0.460 e. The standard InChI is InChI=1S/C21H23ClN4O5S/c1-3-11-26(12-4-2)32(29,30)16-8-5-14(6-9-16)20(27)23-18-13-15(22)7-10-17(18)19-24-21(28)31-25-19/h5-10,13H,3-4,11-12H2,1-2H3,(H,23,27)(H,24,25,28). The number of aromatic amines is 1. The second-order valence-corrected chi connectivity index (χ2v) is 9.38. The smallest absolute Gasteiger partial charge is 0.321 e. The molecular weight excluding hydrogens is 456 g/mol. The first-order valence-electron chi connectivity index (χ1n) is 10.0. The minimum Gasteiger partial charge on any atom is -0.321 e. The molecule has 0 saturated carbocycles. The summed E-state index contributed by atoms with van der Waals surface area (Å²) in [5.74, 6) is -1.15. The maximum absolute atomic E-state index is 12.9. The summed E-state index contributed by atoms with van der Waals surface area (Å²) in [6.07, 6.45) is 1.41. The fraction of sp³-hybridized carbons (Fsp3) is 0.286. The predicted octanol–water partition coefficient (Wildman–Crippen LogP) is 3.75. The summed E-state index contributed by atoms with van der Waals surface area (Å²) in [7, 11) is -3.64. The molecule has 0 aliphatic heterocycles. The van der Waals surface area contributed by atoms with Crippen LogP contribution in [0, 0.1) is 0 Å². The van der Waals surface area contributed by atoms with Crippen molar-refractivity contribution in [3.63, 3.8) is 0 Å². The lowest BCUT2D eigenvalue weighted by Gasteiger charge is -2.21. The van der Waals surface area contributed by atoms with E-state index in [9.17, 15) is 18.0 Å². The molecule has 0 saturated heterocycles. The van der Waals surface area contributed by atoms with Gasteiger partial charge in [-0.05, 0) is 55.3 Å². The monoisotopic (exact) mass is 478 g/mol. The van der Waals surface area contributed by atoms with Gasteiger partial charge in [0.1, 0.15) is 0 Å². The second kappa shape index (κ2) is 10.1. The molecule has 1 aromatic heterocycles. The normalized spacial score (nSPS) is 11.6. The largest absolute Gasteiger partial charge is 0.460 e. The van der Waals surface area contributed by atoms with Crippen molar-refractivity contribution in [2.75, 3.05) is 18.4 Å². The highest BCUT2D eigenvalue weighted by Crippen LogP contribution is 2.28. The molecule has 9 nitrogen and oxygen atoms in total. The van der Waals surface area contributed by atoms with Crippen molar-refractivity contribution in [3.05, 3.63) is 63.6 Å². The van der Waals surface area contributed by atoms with Crippen molar-refractivity contribution in [1.29, 1.82) is 0 Å². The third kappa shape index (κ3) is 5.26. The van der Waals surface area contributed by atoms with Gasteiger partial charge >= 0.3 is 5.76 Å². The average molecular weight is 479 g/mol. The lowest BCUT2D eigenvalue weighted by Crippen LogP contribution is -2.32. The molecule has 2 N–H and O–H groups in total. The van der Waals surface area contributed by atoms with Gasteiger partial charge in [0.25, 0.3) is 5.91 Å². The van der Waals surface area contributed by atoms with Crippen LogP contribution in [0.1, 0.15) is 37.0 Å². The molecule has 0 unspecified atom stereocenters. The van der Waals surface area contributed by atoms with Crippen LogP contribution in [0.4, 0.5) is 5.69 Å². The first-order valence-corrected chi connectivity index (χ1v) is 11.8. The molecular formula is C21H23ClN4O5S. The van der Waals surface area contributed by atoms with Gasteiger partial charge in [-0.3, -0.25) is 4.79 Å². The number of carbonyl (C=O) groups is 1. The summed E-state index contributed by atoms with van der Waals surface area (Å²) >= 11 is 6.05. The third-order valence-corrected chi connectivity index (χ3v) is 6.77. The second-order valence-electron chi connectivity index (χ2n) is 7.00. The van der Waals surface area contributed by atoms with E-state index in [0.29, 0.717) is 42.2 Å². The van der Waals surface area contributed by atoms with Crippen molar-refractivity contribution >= 4 is 33.2 Å². The molecule has 0 aliphatic carbocycles. The van der Waals surface area contributed by atoms with Gasteiger partial charge in [-0.15, -0.1) is 0 Å². The first kappa shape index (κ1) is 23.7. The Labute approximate surface area is 190 Å². The molecule has 0 fully saturated rings. The fourth-order valence-corrected chi connectivity index (χ4v) is 4.94. The molecule has 0 spiro atoms. The first-order chi connectivity index (χ1) is 15.3. The molecule has 0 bridgehead atoms. The van der Waals surface area contributed by atoms with Gasteiger partial charge in [-0.1, -0.05) is 25.4 Å². The average Bonchev–Trinajstić information content (AvgIpc) is 3.19. The molecule has 3 aromatic rings. The van der Waals surface area contributed by atoms with Crippen LogP contribution in [0.3, 0.4) is 0 Å². The molecule has 2 aromatic carbocycles. The SMILES string of the molecule is CCCN(CCC)S(=O)(=O)c1ccc(C(=O)Nc2cc(Cl)ccc2-c2nc(=O)o[nH]2)cc1. The summed E-state index contributed by atoms with van der Waals surface area (Å²) in [6.45, 7) is 4.70. The van der Waals surface area contributed by atoms with Crippen LogP contribution in [-0.4, -0.2) is 41.9 Å². The zero-order valence-electron chi connectivity index (χ0n) is 17.6. The van der Waals surface area contributed by atoms with Gasteiger partial charge in [-0.25, -0.2) is 13.2 Å². The number of nitrogens with zero attached hydrogens (tertiary/aromatic N) is 2. The minimum atomic E-state index is -3.64. The third-order valence-electron chi connectivity index (χ3n) is 4.62. The van der Waals surface area contributed by atoms with E-state index < -0.39 is 21.7 Å². The lowest BCUT2D eigenvalue weighted by molar-refractivity contribution is 0.102. The number of amides is 1. The molecule has 32 heavy (non-hydrogen) atoms. The quantitative estimate of drug-likeness (QED) is 0.482. The van der Waals surface area contributed by atoms with Gasteiger partial charge in [0, 0.05) is 29.2 Å². The van der Waals surface area contributed by atoms with E-state index in [1.54, 1.807) is 12.1 Å². The highest BCUT2D eigenvalue weighted by molar-refractivity contribution is 7.89. The maximum atomic E-state index is 12.9. The van der Waals surface area contributed by atoms with Crippen LogP contribution in [0.15, 0.2) is 56.7 Å². The number of aromatic nitrogens is 2. The van der Waals surface area contributed by atoms with Gasteiger partial charge in [0.2, 0.25) is 10.0 Å². The molecule has 3 rings (SSSR count). The predicted molar refractivity (Wildman–Crippen MR) is 121 cm³/mol. The van der Waals surface area contributed by atoms with Crippen molar-refractivity contribution in [1.82, 2.24) is 14.4 Å². The van der Waals surface area contributed by atoms with Gasteiger partial charge in [-0.2, -0.15) is 14.4 Å². The van der Waals surface area contributed by atoms with E-state index in [1.807, 2.05) is 13.8 Å². The number of H-pyrrole nitrogens is 1. The molecule has 11 heteroatoms. The number of hydrogen-bond donors (Lipinski definition) is 2. The zero-order chi connectivity index (χ0) is 23.3. The Morgan fingerprint density at radius 3 is 2.34 bits per heavy atom. The number of sulfonamides is 1. The Balaban J connectivity index is 1.85. The fourth-order valence-electron chi connectivity index (χ4n) is 3.14. The highest BCUT2D eigenvalue weighted by atomic mass is 35.5. The number of hydrogen-bond acceptors (Lipinski definition) is 6. The number of carbonyl (C=O) groups excluding carboxylic acids is 1. The summed E-state index contributed by atoms with van der Waals surface area (Å²) in [5, 5.41) is 5.46. The van der Waals surface area contributed by atoms with Crippen LogP contribution in [-0.2, 0) is 10.0 Å². The number of anilines is 1. The summed E-state index contributed by atoms with van der Waals surface area (Å²) in [6, 6.07) is 10.4. The topological polar surface area (TPSA) is 125 Å². The van der Waals surface area contributed by atoms with Crippen LogP contribution in [0.2, 0.25) is 5.02 Å². The minimum absolute atomic E-state index is 0.125. The van der Waals surface area contributed by atoms with Gasteiger partial charge in [0.05, 0.1) is 10.6 Å². The van der Waals surface area contributed by atoms with Crippen molar-refractivity contribution in [3.8, 4) is 11.4 Å². The zero-order valence-corrected chi connectivity index (χ0v) is 19.2. The number of benzene rings is 2. The van der Waals surface area contributed by atoms with Crippen LogP contribution < -0.4 is 11.1 Å². The highest BCUT2D eigenvalue weighted by Gasteiger charge is 2.23.